The molecule has 1 fully saturated rings. The van der Waals surface area contributed by atoms with Crippen LogP contribution in [-0.2, 0) is 0 Å². The standard InChI is InChI=1S/C8H18N2O2/c1-7-4-9-2-3-10(7)5-8(12)6-11/h7-9,11-12H,2-6H2,1H3/t7-,8?/m1/s1. The molecule has 72 valence electrons. The molecule has 0 aromatic rings. The number of nitrogens with one attached hydrogen (secondary N) is 1. The maximum Gasteiger partial charge on any atom is 0.0897 e. The zero-order chi connectivity index (χ0) is 8.97. The van der Waals surface area contributed by atoms with Crippen LogP contribution in [0.3, 0.4) is 0 Å². The molecule has 1 aliphatic rings. The van der Waals surface area contributed by atoms with E-state index >= 15 is 0 Å². The summed E-state index contributed by atoms with van der Waals surface area (Å²) < 4.78 is 0. The number of aliphatic hydroxyl groups excluding tert-OH is 2. The molecule has 0 bridgehead atoms. The van der Waals surface area contributed by atoms with Gasteiger partial charge in [-0.15, -0.1) is 0 Å². The number of hydrogen-bond donors (Lipinski definition) is 3. The van der Waals surface area contributed by atoms with Gasteiger partial charge in [0.2, 0.25) is 0 Å². The SMILES string of the molecule is C[C@@H]1CNCCN1CC(O)CO. The fourth-order valence-corrected chi connectivity index (χ4v) is 1.48. The van der Waals surface area contributed by atoms with Gasteiger partial charge < -0.3 is 15.5 Å². The van der Waals surface area contributed by atoms with Gasteiger partial charge in [-0.3, -0.25) is 4.90 Å². The Morgan fingerprint density at radius 1 is 1.67 bits per heavy atom. The predicted molar refractivity (Wildman–Crippen MR) is 47.0 cm³/mol. The Labute approximate surface area is 73.2 Å². The Morgan fingerprint density at radius 2 is 2.42 bits per heavy atom. The molecule has 0 spiro atoms. The zero-order valence-electron chi connectivity index (χ0n) is 7.53. The quantitative estimate of drug-likeness (QED) is 0.494. The van der Waals surface area contributed by atoms with E-state index in [1.165, 1.54) is 0 Å². The number of piperazine rings is 1. The largest absolute Gasteiger partial charge is 0.394 e. The third kappa shape index (κ3) is 2.71. The molecule has 0 aliphatic carbocycles. The molecule has 1 heterocycles. The molecule has 1 rings (SSSR count). The predicted octanol–water partition coefficient (Wildman–Crippen LogP) is -1.37. The highest BCUT2D eigenvalue weighted by molar-refractivity contribution is 4.77. The van der Waals surface area contributed by atoms with Crippen molar-refractivity contribution < 1.29 is 10.2 Å². The Hall–Kier alpha value is -0.160. The van der Waals surface area contributed by atoms with Crippen molar-refractivity contribution in [2.24, 2.45) is 0 Å². The minimum Gasteiger partial charge on any atom is -0.394 e. The van der Waals surface area contributed by atoms with Gasteiger partial charge in [-0.1, -0.05) is 0 Å². The molecule has 0 aromatic carbocycles. The van der Waals surface area contributed by atoms with Crippen LogP contribution in [0.4, 0.5) is 0 Å². The van der Waals surface area contributed by atoms with Crippen LogP contribution < -0.4 is 5.32 Å². The van der Waals surface area contributed by atoms with Gasteiger partial charge in [0.1, 0.15) is 0 Å². The topological polar surface area (TPSA) is 55.7 Å². The van der Waals surface area contributed by atoms with Crippen molar-refractivity contribution in [3.05, 3.63) is 0 Å². The van der Waals surface area contributed by atoms with Crippen LogP contribution in [0.2, 0.25) is 0 Å². The third-order valence-corrected chi connectivity index (χ3v) is 2.29. The number of rotatable bonds is 3. The van der Waals surface area contributed by atoms with Gasteiger partial charge in [-0.2, -0.15) is 0 Å². The highest BCUT2D eigenvalue weighted by Crippen LogP contribution is 2.02. The monoisotopic (exact) mass is 174 g/mol. The summed E-state index contributed by atoms with van der Waals surface area (Å²) >= 11 is 0. The summed E-state index contributed by atoms with van der Waals surface area (Å²) in [5.41, 5.74) is 0. The summed E-state index contributed by atoms with van der Waals surface area (Å²) in [6.45, 7) is 5.46. The second-order valence-electron chi connectivity index (χ2n) is 3.38. The Bertz CT molecular complexity index is 132. The van der Waals surface area contributed by atoms with Crippen molar-refractivity contribution in [1.29, 1.82) is 0 Å². The normalized spacial score (nSPS) is 28.8. The van der Waals surface area contributed by atoms with Gasteiger partial charge in [0, 0.05) is 32.2 Å². The van der Waals surface area contributed by atoms with Gasteiger partial charge in [-0.05, 0) is 6.92 Å². The molecule has 12 heavy (non-hydrogen) atoms. The number of β-amino-alcohol motifs (C(OH)–C–C–N with tert-alkyl or cyclic N) is 1. The second-order valence-corrected chi connectivity index (χ2v) is 3.38. The second kappa shape index (κ2) is 4.77. The summed E-state index contributed by atoms with van der Waals surface area (Å²) in [7, 11) is 0. The summed E-state index contributed by atoms with van der Waals surface area (Å²) in [6, 6.07) is 0.458. The smallest absolute Gasteiger partial charge is 0.0897 e. The lowest BCUT2D eigenvalue weighted by molar-refractivity contribution is 0.0406. The molecule has 0 aromatic heterocycles. The van der Waals surface area contributed by atoms with Crippen molar-refractivity contribution in [3.8, 4) is 0 Å². The first-order chi connectivity index (χ1) is 5.74. The Morgan fingerprint density at radius 3 is 3.00 bits per heavy atom. The maximum absolute atomic E-state index is 9.22. The van der Waals surface area contributed by atoms with E-state index in [1.807, 2.05) is 0 Å². The van der Waals surface area contributed by atoms with Crippen LogP contribution in [-0.4, -0.2) is 60.0 Å². The van der Waals surface area contributed by atoms with E-state index in [1.54, 1.807) is 0 Å². The minimum absolute atomic E-state index is 0.142. The molecular formula is C8H18N2O2. The number of aliphatic hydroxyl groups is 2. The van der Waals surface area contributed by atoms with E-state index < -0.39 is 6.10 Å². The van der Waals surface area contributed by atoms with Gasteiger partial charge in [0.15, 0.2) is 0 Å². The van der Waals surface area contributed by atoms with Crippen LogP contribution in [0.1, 0.15) is 6.92 Å². The first-order valence-electron chi connectivity index (χ1n) is 4.47. The lowest BCUT2D eigenvalue weighted by Gasteiger charge is -2.34. The number of hydrogen-bond acceptors (Lipinski definition) is 4. The van der Waals surface area contributed by atoms with E-state index in [2.05, 4.69) is 17.1 Å². The van der Waals surface area contributed by atoms with Crippen LogP contribution in [0, 0.1) is 0 Å². The summed E-state index contributed by atoms with van der Waals surface area (Å²) in [4.78, 5) is 2.19. The fraction of sp³-hybridized carbons (Fsp3) is 1.00. The molecule has 0 saturated carbocycles. The first kappa shape index (κ1) is 9.92. The maximum atomic E-state index is 9.22. The third-order valence-electron chi connectivity index (χ3n) is 2.29. The zero-order valence-corrected chi connectivity index (χ0v) is 7.53. The summed E-state index contributed by atoms with van der Waals surface area (Å²) in [5, 5.41) is 21.1. The average molecular weight is 174 g/mol. The van der Waals surface area contributed by atoms with E-state index in [0.29, 0.717) is 12.6 Å². The van der Waals surface area contributed by atoms with Crippen molar-refractivity contribution in [2.75, 3.05) is 32.8 Å². The summed E-state index contributed by atoms with van der Waals surface area (Å²) in [6.07, 6.45) is -0.592. The van der Waals surface area contributed by atoms with Crippen molar-refractivity contribution in [1.82, 2.24) is 10.2 Å². The lowest BCUT2D eigenvalue weighted by atomic mass is 10.2. The highest BCUT2D eigenvalue weighted by atomic mass is 16.3. The molecule has 1 unspecified atom stereocenters. The highest BCUT2D eigenvalue weighted by Gasteiger charge is 2.19. The van der Waals surface area contributed by atoms with E-state index in [4.69, 9.17) is 5.11 Å². The number of nitrogens with zero attached hydrogens (tertiary/aromatic N) is 1. The van der Waals surface area contributed by atoms with Crippen molar-refractivity contribution in [2.45, 2.75) is 19.1 Å². The minimum atomic E-state index is -0.592. The van der Waals surface area contributed by atoms with Crippen LogP contribution in [0.5, 0.6) is 0 Å². The molecule has 0 amide bonds. The molecule has 0 radical (unpaired) electrons. The summed E-state index contributed by atoms with van der Waals surface area (Å²) in [5.74, 6) is 0. The molecule has 4 nitrogen and oxygen atoms in total. The fourth-order valence-electron chi connectivity index (χ4n) is 1.48. The van der Waals surface area contributed by atoms with Crippen LogP contribution in [0.15, 0.2) is 0 Å². The Kier molecular flexibility index (Phi) is 3.94. The van der Waals surface area contributed by atoms with Crippen molar-refractivity contribution >= 4 is 0 Å². The molecule has 3 N–H and O–H groups in total. The molecule has 2 atom stereocenters. The Balaban J connectivity index is 2.28. The average Bonchev–Trinajstić information content (AvgIpc) is 2.09. The molecule has 4 heteroatoms. The van der Waals surface area contributed by atoms with Crippen LogP contribution >= 0.6 is 0 Å². The van der Waals surface area contributed by atoms with Gasteiger partial charge in [0.05, 0.1) is 12.7 Å². The molecular weight excluding hydrogens is 156 g/mol. The van der Waals surface area contributed by atoms with Crippen molar-refractivity contribution in [3.63, 3.8) is 0 Å². The van der Waals surface area contributed by atoms with E-state index in [9.17, 15) is 5.11 Å². The van der Waals surface area contributed by atoms with Gasteiger partial charge >= 0.3 is 0 Å². The van der Waals surface area contributed by atoms with E-state index in [0.717, 1.165) is 19.6 Å². The van der Waals surface area contributed by atoms with Gasteiger partial charge in [0.25, 0.3) is 0 Å². The molecule has 1 aliphatic heterocycles. The van der Waals surface area contributed by atoms with E-state index in [-0.39, 0.29) is 6.61 Å². The lowest BCUT2D eigenvalue weighted by Crippen LogP contribution is -2.52. The van der Waals surface area contributed by atoms with Gasteiger partial charge in [-0.25, -0.2) is 0 Å². The van der Waals surface area contributed by atoms with Crippen LogP contribution in [0.25, 0.3) is 0 Å². The molecule has 1 saturated heterocycles. The first-order valence-corrected chi connectivity index (χ1v) is 4.47.